The predicted molar refractivity (Wildman–Crippen MR) is 53.2 cm³/mol. The van der Waals surface area contributed by atoms with Crippen LogP contribution in [0.5, 0.6) is 0 Å². The van der Waals surface area contributed by atoms with Gasteiger partial charge in [-0.1, -0.05) is 0 Å². The van der Waals surface area contributed by atoms with Gasteiger partial charge >= 0.3 is 0 Å². The largest absolute Gasteiger partial charge is 0.325 e. The summed E-state index contributed by atoms with van der Waals surface area (Å²) in [6.07, 6.45) is 6.46. The molecule has 2 aromatic heterocycles. The minimum Gasteiger partial charge on any atom is -0.325 e. The van der Waals surface area contributed by atoms with E-state index in [1.165, 1.54) is 0 Å². The molecule has 0 aromatic carbocycles. The summed E-state index contributed by atoms with van der Waals surface area (Å²) < 4.78 is 3.40. The van der Waals surface area contributed by atoms with Gasteiger partial charge < -0.3 is 9.13 Å². The highest BCUT2D eigenvalue weighted by Gasteiger charge is 2.19. The van der Waals surface area contributed by atoms with Gasteiger partial charge in [-0.3, -0.25) is 10.0 Å². The second-order valence-corrected chi connectivity index (χ2v) is 3.11. The summed E-state index contributed by atoms with van der Waals surface area (Å²) in [5.41, 5.74) is 1.66. The number of aromatic nitrogens is 2. The van der Waals surface area contributed by atoms with Crippen molar-refractivity contribution in [1.29, 1.82) is 0 Å². The molecule has 0 saturated carbocycles. The van der Waals surface area contributed by atoms with Crippen molar-refractivity contribution in [3.05, 3.63) is 49.1 Å². The van der Waals surface area contributed by atoms with Crippen molar-refractivity contribution < 1.29 is 10.0 Å². The maximum atomic E-state index is 11.5. The van der Waals surface area contributed by atoms with Gasteiger partial charge in [0.05, 0.1) is 0 Å². The molecule has 0 saturated heterocycles. The first kappa shape index (κ1) is 9.54. The third kappa shape index (κ3) is 1.77. The van der Waals surface area contributed by atoms with E-state index in [-0.39, 0.29) is 0 Å². The molecule has 5 nitrogen and oxygen atoms in total. The third-order valence-corrected chi connectivity index (χ3v) is 2.16. The number of amides is 1. The Balaban J connectivity index is 2.37. The number of hydrogen-bond acceptors (Lipinski definition) is 2. The van der Waals surface area contributed by atoms with Crippen molar-refractivity contribution in [3.63, 3.8) is 0 Å². The maximum absolute atomic E-state index is 11.5. The van der Waals surface area contributed by atoms with Gasteiger partial charge in [-0.2, -0.15) is 0 Å². The van der Waals surface area contributed by atoms with Gasteiger partial charge in [0, 0.05) is 24.8 Å². The van der Waals surface area contributed by atoms with E-state index in [0.717, 1.165) is 0 Å². The van der Waals surface area contributed by atoms with Crippen LogP contribution < -0.4 is 5.48 Å². The van der Waals surface area contributed by atoms with Gasteiger partial charge in [0.15, 0.2) is 6.17 Å². The van der Waals surface area contributed by atoms with E-state index in [0.29, 0.717) is 0 Å². The summed E-state index contributed by atoms with van der Waals surface area (Å²) in [6, 6.07) is 7.28. The lowest BCUT2D eigenvalue weighted by Gasteiger charge is -2.18. The molecule has 0 aliphatic rings. The molecule has 0 bridgehead atoms. The first-order chi connectivity index (χ1) is 7.33. The molecule has 2 N–H and O–H groups in total. The zero-order valence-corrected chi connectivity index (χ0v) is 7.95. The molecule has 2 heterocycles. The fraction of sp³-hybridized carbons (Fsp3) is 0.100. The summed E-state index contributed by atoms with van der Waals surface area (Å²) >= 11 is 0. The number of carbonyl (C=O) groups is 1. The molecule has 0 atom stereocenters. The van der Waals surface area contributed by atoms with E-state index < -0.39 is 12.1 Å². The van der Waals surface area contributed by atoms with Crippen LogP contribution in [0, 0.1) is 0 Å². The average Bonchev–Trinajstić information content (AvgIpc) is 2.90. The fourth-order valence-electron chi connectivity index (χ4n) is 1.50. The van der Waals surface area contributed by atoms with E-state index in [2.05, 4.69) is 0 Å². The fourth-order valence-corrected chi connectivity index (χ4v) is 1.50. The Morgan fingerprint density at radius 2 is 1.40 bits per heavy atom. The first-order valence-electron chi connectivity index (χ1n) is 4.52. The molecule has 0 spiro atoms. The summed E-state index contributed by atoms with van der Waals surface area (Å²) in [7, 11) is 0. The van der Waals surface area contributed by atoms with Crippen LogP contribution in [-0.4, -0.2) is 20.2 Å². The minimum atomic E-state index is -0.597. The van der Waals surface area contributed by atoms with Gasteiger partial charge in [0.1, 0.15) is 0 Å². The highest BCUT2D eigenvalue weighted by molar-refractivity contribution is 5.79. The molecule has 0 fully saturated rings. The van der Waals surface area contributed by atoms with Crippen LogP contribution in [-0.2, 0) is 4.79 Å². The highest BCUT2D eigenvalue weighted by atomic mass is 16.5. The first-order valence-corrected chi connectivity index (χ1v) is 4.52. The molecule has 2 aromatic rings. The van der Waals surface area contributed by atoms with Gasteiger partial charge in [-0.25, -0.2) is 5.48 Å². The zero-order valence-electron chi connectivity index (χ0n) is 7.95. The summed E-state index contributed by atoms with van der Waals surface area (Å²) in [4.78, 5) is 11.5. The smallest absolute Gasteiger partial charge is 0.287 e. The molecule has 0 aliphatic heterocycles. The van der Waals surface area contributed by atoms with Crippen molar-refractivity contribution in [2.24, 2.45) is 0 Å². The van der Waals surface area contributed by atoms with Crippen LogP contribution in [0.25, 0.3) is 0 Å². The van der Waals surface area contributed by atoms with Crippen molar-refractivity contribution in [2.75, 3.05) is 0 Å². The Morgan fingerprint density at radius 1 is 1.00 bits per heavy atom. The molecule has 0 aliphatic carbocycles. The third-order valence-electron chi connectivity index (χ3n) is 2.16. The zero-order chi connectivity index (χ0) is 10.7. The molecule has 0 unspecified atom stereocenters. The van der Waals surface area contributed by atoms with E-state index in [9.17, 15) is 4.79 Å². The van der Waals surface area contributed by atoms with Gasteiger partial charge in [0.25, 0.3) is 5.91 Å². The number of hydroxylamine groups is 1. The van der Waals surface area contributed by atoms with Crippen molar-refractivity contribution >= 4 is 5.91 Å². The molecule has 5 heteroatoms. The average molecular weight is 205 g/mol. The summed E-state index contributed by atoms with van der Waals surface area (Å²) in [5.74, 6) is -0.484. The second-order valence-electron chi connectivity index (χ2n) is 3.11. The predicted octanol–water partition coefficient (Wildman–Crippen LogP) is 0.842. The van der Waals surface area contributed by atoms with Crippen LogP contribution in [0.3, 0.4) is 0 Å². The lowest BCUT2D eigenvalue weighted by atomic mass is 10.4. The summed E-state index contributed by atoms with van der Waals surface area (Å²) in [6.45, 7) is 0. The van der Waals surface area contributed by atoms with Crippen LogP contribution >= 0.6 is 0 Å². The molecule has 0 radical (unpaired) electrons. The maximum Gasteiger partial charge on any atom is 0.287 e. The van der Waals surface area contributed by atoms with Crippen LogP contribution in [0.2, 0.25) is 0 Å². The Morgan fingerprint density at radius 3 is 1.73 bits per heavy atom. The van der Waals surface area contributed by atoms with Gasteiger partial charge in [0.2, 0.25) is 0 Å². The molecule has 15 heavy (non-hydrogen) atoms. The summed E-state index contributed by atoms with van der Waals surface area (Å²) in [5, 5.41) is 8.68. The van der Waals surface area contributed by atoms with Crippen LogP contribution in [0.4, 0.5) is 0 Å². The van der Waals surface area contributed by atoms with E-state index in [4.69, 9.17) is 5.21 Å². The molecular formula is C10H11N3O2. The molecule has 1 amide bonds. The lowest BCUT2D eigenvalue weighted by molar-refractivity contribution is -0.133. The Kier molecular flexibility index (Phi) is 2.55. The quantitative estimate of drug-likeness (QED) is 0.576. The number of carbonyl (C=O) groups excluding carboxylic acids is 1. The van der Waals surface area contributed by atoms with Gasteiger partial charge in [-0.05, 0) is 24.3 Å². The Hall–Kier alpha value is -2.01. The van der Waals surface area contributed by atoms with Crippen molar-refractivity contribution in [3.8, 4) is 0 Å². The number of rotatable bonds is 3. The lowest BCUT2D eigenvalue weighted by Crippen LogP contribution is -2.33. The number of hydrogen-bond donors (Lipinski definition) is 2. The monoisotopic (exact) mass is 205 g/mol. The van der Waals surface area contributed by atoms with E-state index in [1.54, 1.807) is 39.4 Å². The van der Waals surface area contributed by atoms with Crippen molar-refractivity contribution in [2.45, 2.75) is 6.17 Å². The SMILES string of the molecule is O=C(NO)C(n1cccc1)n1cccc1. The van der Waals surface area contributed by atoms with E-state index in [1.807, 2.05) is 24.3 Å². The standard InChI is InChI=1S/C10H11N3O2/c14-9(11-15)10(12-5-1-2-6-12)13-7-3-4-8-13/h1-8,10,15H,(H,11,14). The molecular weight excluding hydrogens is 194 g/mol. The van der Waals surface area contributed by atoms with Crippen LogP contribution in [0.1, 0.15) is 6.17 Å². The van der Waals surface area contributed by atoms with Crippen LogP contribution in [0.15, 0.2) is 49.1 Å². The Bertz CT molecular complexity index is 385. The molecule has 78 valence electrons. The topological polar surface area (TPSA) is 59.2 Å². The molecule has 2 rings (SSSR count). The highest BCUT2D eigenvalue weighted by Crippen LogP contribution is 2.10. The number of nitrogens with one attached hydrogen (secondary N) is 1. The minimum absolute atomic E-state index is 0.484. The van der Waals surface area contributed by atoms with Crippen molar-refractivity contribution in [1.82, 2.24) is 14.6 Å². The Labute approximate surface area is 86.5 Å². The normalized spacial score (nSPS) is 10.5. The second kappa shape index (κ2) is 4.02. The van der Waals surface area contributed by atoms with Gasteiger partial charge in [-0.15, -0.1) is 0 Å². The van der Waals surface area contributed by atoms with E-state index >= 15 is 0 Å². The number of nitrogens with zero attached hydrogens (tertiary/aromatic N) is 2.